The standard InChI is InChI=1S/C14H16N2O2S/c15-16-14(17)8-11-3-5-12(6-4-11)9-18-10-13-2-1-7-19-13/h1-7H,8-10,15H2,(H,16,17). The molecular formula is C14H16N2O2S. The van der Waals surface area contributed by atoms with Crippen LogP contribution in [-0.2, 0) is 29.2 Å². The van der Waals surface area contributed by atoms with E-state index in [1.165, 1.54) is 4.88 Å². The predicted molar refractivity (Wildman–Crippen MR) is 75.3 cm³/mol. The molecule has 1 aromatic heterocycles. The van der Waals surface area contributed by atoms with E-state index in [9.17, 15) is 4.79 Å². The maximum absolute atomic E-state index is 11.1. The van der Waals surface area contributed by atoms with E-state index in [1.807, 2.05) is 35.7 Å². The molecule has 0 radical (unpaired) electrons. The summed E-state index contributed by atoms with van der Waals surface area (Å²) in [6.45, 7) is 1.20. The summed E-state index contributed by atoms with van der Waals surface area (Å²) in [6, 6.07) is 11.8. The average molecular weight is 276 g/mol. The third-order valence-electron chi connectivity index (χ3n) is 2.64. The molecule has 0 aliphatic carbocycles. The van der Waals surface area contributed by atoms with Crippen molar-refractivity contribution in [1.29, 1.82) is 0 Å². The van der Waals surface area contributed by atoms with Crippen molar-refractivity contribution in [1.82, 2.24) is 5.43 Å². The molecule has 4 nitrogen and oxygen atoms in total. The molecule has 1 aromatic carbocycles. The smallest absolute Gasteiger partial charge is 0.238 e. The molecule has 100 valence electrons. The second kappa shape index (κ2) is 7.04. The van der Waals surface area contributed by atoms with Gasteiger partial charge < -0.3 is 4.74 Å². The van der Waals surface area contributed by atoms with Gasteiger partial charge in [0.1, 0.15) is 0 Å². The summed E-state index contributed by atoms with van der Waals surface area (Å²) in [5, 5.41) is 2.04. The van der Waals surface area contributed by atoms with E-state index in [0.29, 0.717) is 19.6 Å². The fourth-order valence-corrected chi connectivity index (χ4v) is 2.29. The number of hydrogen-bond acceptors (Lipinski definition) is 4. The first-order valence-electron chi connectivity index (χ1n) is 5.95. The Hall–Kier alpha value is -1.69. The highest BCUT2D eigenvalue weighted by Crippen LogP contribution is 2.12. The van der Waals surface area contributed by atoms with Crippen LogP contribution in [-0.4, -0.2) is 5.91 Å². The third-order valence-corrected chi connectivity index (χ3v) is 3.49. The topological polar surface area (TPSA) is 64.3 Å². The molecule has 3 N–H and O–H groups in total. The molecular weight excluding hydrogens is 260 g/mol. The maximum atomic E-state index is 11.1. The van der Waals surface area contributed by atoms with Crippen molar-refractivity contribution in [2.45, 2.75) is 19.6 Å². The van der Waals surface area contributed by atoms with Crippen molar-refractivity contribution < 1.29 is 9.53 Å². The number of amides is 1. The molecule has 1 amide bonds. The first kappa shape index (κ1) is 13.7. The Balaban J connectivity index is 1.80. The number of nitrogens with one attached hydrogen (secondary N) is 1. The van der Waals surface area contributed by atoms with E-state index >= 15 is 0 Å². The zero-order valence-corrected chi connectivity index (χ0v) is 11.3. The Morgan fingerprint density at radius 3 is 2.53 bits per heavy atom. The fourth-order valence-electron chi connectivity index (χ4n) is 1.65. The van der Waals surface area contributed by atoms with E-state index in [1.54, 1.807) is 11.3 Å². The van der Waals surface area contributed by atoms with Gasteiger partial charge in [0.25, 0.3) is 0 Å². The summed E-state index contributed by atoms with van der Waals surface area (Å²) in [6.07, 6.45) is 0.298. The fraction of sp³-hybridized carbons (Fsp3) is 0.214. The van der Waals surface area contributed by atoms with Crippen LogP contribution in [0, 0.1) is 0 Å². The largest absolute Gasteiger partial charge is 0.371 e. The molecule has 1 heterocycles. The van der Waals surface area contributed by atoms with Crippen LogP contribution in [0.15, 0.2) is 41.8 Å². The van der Waals surface area contributed by atoms with Gasteiger partial charge in [-0.25, -0.2) is 5.84 Å². The van der Waals surface area contributed by atoms with Crippen LogP contribution < -0.4 is 11.3 Å². The Morgan fingerprint density at radius 1 is 1.16 bits per heavy atom. The first-order valence-corrected chi connectivity index (χ1v) is 6.83. The zero-order chi connectivity index (χ0) is 13.5. The summed E-state index contributed by atoms with van der Waals surface area (Å²) in [5.41, 5.74) is 4.14. The number of carbonyl (C=O) groups is 1. The van der Waals surface area contributed by atoms with E-state index in [4.69, 9.17) is 10.6 Å². The van der Waals surface area contributed by atoms with Crippen LogP contribution in [0.5, 0.6) is 0 Å². The van der Waals surface area contributed by atoms with Gasteiger partial charge >= 0.3 is 0 Å². The van der Waals surface area contributed by atoms with E-state index in [-0.39, 0.29) is 5.91 Å². The van der Waals surface area contributed by atoms with Crippen molar-refractivity contribution in [3.05, 3.63) is 57.8 Å². The Kier molecular flexibility index (Phi) is 5.09. The van der Waals surface area contributed by atoms with E-state index < -0.39 is 0 Å². The number of thiophene rings is 1. The van der Waals surface area contributed by atoms with Crippen LogP contribution in [0.4, 0.5) is 0 Å². The number of carbonyl (C=O) groups excluding carboxylic acids is 1. The lowest BCUT2D eigenvalue weighted by molar-refractivity contribution is -0.120. The number of ether oxygens (including phenoxy) is 1. The predicted octanol–water partition coefficient (Wildman–Crippen LogP) is 2.00. The van der Waals surface area contributed by atoms with Gasteiger partial charge in [-0.05, 0) is 22.6 Å². The van der Waals surface area contributed by atoms with Crippen LogP contribution in [0.3, 0.4) is 0 Å². The molecule has 0 atom stereocenters. The normalized spacial score (nSPS) is 10.4. The molecule has 0 aliphatic rings. The minimum atomic E-state index is -0.193. The van der Waals surface area contributed by atoms with Gasteiger partial charge in [0, 0.05) is 4.88 Å². The summed E-state index contributed by atoms with van der Waals surface area (Å²) >= 11 is 1.69. The van der Waals surface area contributed by atoms with Gasteiger partial charge in [-0.2, -0.15) is 0 Å². The summed E-state index contributed by atoms with van der Waals surface area (Å²) in [5.74, 6) is 4.85. The molecule has 2 rings (SSSR count). The summed E-state index contributed by atoms with van der Waals surface area (Å²) in [7, 11) is 0. The third kappa shape index (κ3) is 4.48. The van der Waals surface area contributed by atoms with Gasteiger partial charge in [-0.3, -0.25) is 10.2 Å². The number of rotatable bonds is 6. The molecule has 0 bridgehead atoms. The molecule has 5 heteroatoms. The lowest BCUT2D eigenvalue weighted by atomic mass is 10.1. The number of benzene rings is 1. The van der Waals surface area contributed by atoms with Crippen molar-refractivity contribution in [3.63, 3.8) is 0 Å². The van der Waals surface area contributed by atoms with Gasteiger partial charge in [0.05, 0.1) is 19.6 Å². The lowest BCUT2D eigenvalue weighted by Gasteiger charge is -2.05. The minimum absolute atomic E-state index is 0.193. The second-order valence-electron chi connectivity index (χ2n) is 4.13. The molecule has 0 aliphatic heterocycles. The summed E-state index contributed by atoms with van der Waals surface area (Å²) < 4.78 is 5.62. The molecule has 2 aromatic rings. The zero-order valence-electron chi connectivity index (χ0n) is 10.5. The second-order valence-corrected chi connectivity index (χ2v) is 5.17. The van der Waals surface area contributed by atoms with Crippen molar-refractivity contribution >= 4 is 17.2 Å². The highest BCUT2D eigenvalue weighted by Gasteiger charge is 2.01. The van der Waals surface area contributed by atoms with Gasteiger partial charge in [-0.15, -0.1) is 11.3 Å². The maximum Gasteiger partial charge on any atom is 0.238 e. The molecule has 0 spiro atoms. The Morgan fingerprint density at radius 2 is 1.89 bits per heavy atom. The molecule has 0 saturated carbocycles. The number of nitrogens with two attached hydrogens (primary N) is 1. The summed E-state index contributed by atoms with van der Waals surface area (Å²) in [4.78, 5) is 12.3. The van der Waals surface area contributed by atoms with Gasteiger partial charge in [0.2, 0.25) is 5.91 Å². The SMILES string of the molecule is NNC(=O)Cc1ccc(COCc2cccs2)cc1. The molecule has 19 heavy (non-hydrogen) atoms. The quantitative estimate of drug-likeness (QED) is 0.482. The van der Waals surface area contributed by atoms with Gasteiger partial charge in [-0.1, -0.05) is 30.3 Å². The van der Waals surface area contributed by atoms with Crippen LogP contribution in [0.2, 0.25) is 0 Å². The van der Waals surface area contributed by atoms with E-state index in [2.05, 4.69) is 11.5 Å². The Labute approximate surface area is 116 Å². The molecule has 0 unspecified atom stereocenters. The van der Waals surface area contributed by atoms with Crippen LogP contribution in [0.25, 0.3) is 0 Å². The first-order chi connectivity index (χ1) is 9.28. The van der Waals surface area contributed by atoms with Crippen molar-refractivity contribution in [2.75, 3.05) is 0 Å². The van der Waals surface area contributed by atoms with Crippen LogP contribution in [0.1, 0.15) is 16.0 Å². The highest BCUT2D eigenvalue weighted by molar-refractivity contribution is 7.09. The number of hydrogen-bond donors (Lipinski definition) is 2. The van der Waals surface area contributed by atoms with E-state index in [0.717, 1.165) is 11.1 Å². The highest BCUT2D eigenvalue weighted by atomic mass is 32.1. The lowest BCUT2D eigenvalue weighted by Crippen LogP contribution is -2.31. The van der Waals surface area contributed by atoms with Crippen molar-refractivity contribution in [3.8, 4) is 0 Å². The van der Waals surface area contributed by atoms with Gasteiger partial charge in [0.15, 0.2) is 0 Å². The van der Waals surface area contributed by atoms with Crippen molar-refractivity contribution in [2.24, 2.45) is 5.84 Å². The molecule has 0 saturated heterocycles. The average Bonchev–Trinajstić information content (AvgIpc) is 2.94. The molecule has 0 fully saturated rings. The number of hydrazine groups is 1. The van der Waals surface area contributed by atoms with Crippen LogP contribution >= 0.6 is 11.3 Å². The monoisotopic (exact) mass is 276 g/mol. The minimum Gasteiger partial charge on any atom is -0.371 e. The Bertz CT molecular complexity index is 509.